The van der Waals surface area contributed by atoms with Gasteiger partial charge in [-0.25, -0.2) is 0 Å². The van der Waals surface area contributed by atoms with Crippen LogP contribution < -0.4 is 4.74 Å². The molecule has 0 aromatic heterocycles. The molecule has 31 heavy (non-hydrogen) atoms. The van der Waals surface area contributed by atoms with Crippen LogP contribution in [0, 0.1) is 5.92 Å². The fourth-order valence-corrected chi connectivity index (χ4v) is 3.55. The van der Waals surface area contributed by atoms with Gasteiger partial charge in [0.05, 0.1) is 12.0 Å². The monoisotopic (exact) mass is 440 g/mol. The van der Waals surface area contributed by atoms with E-state index in [0.29, 0.717) is 18.6 Å². The number of hydrogen-bond donors (Lipinski definition) is 0. The number of benzene rings is 2. The molecular formula is C27H33ClO3. The van der Waals surface area contributed by atoms with Crippen molar-refractivity contribution in [2.75, 3.05) is 6.61 Å². The highest BCUT2D eigenvalue weighted by Crippen LogP contribution is 2.25. The number of ketones is 2. The highest BCUT2D eigenvalue weighted by molar-refractivity contribution is 6.34. The summed E-state index contributed by atoms with van der Waals surface area (Å²) in [5, 5.41) is -0.484. The van der Waals surface area contributed by atoms with Crippen molar-refractivity contribution in [2.24, 2.45) is 5.92 Å². The molecule has 0 saturated carbocycles. The molecule has 0 unspecified atom stereocenters. The Balaban J connectivity index is 1.80. The Bertz CT molecular complexity index is 840. The summed E-state index contributed by atoms with van der Waals surface area (Å²) in [6, 6.07) is 15.6. The van der Waals surface area contributed by atoms with E-state index in [4.69, 9.17) is 16.3 Å². The summed E-state index contributed by atoms with van der Waals surface area (Å²) in [5.74, 6) is 1.10. The molecule has 0 amide bonds. The van der Waals surface area contributed by atoms with Crippen LogP contribution in [0.1, 0.15) is 62.7 Å². The van der Waals surface area contributed by atoms with Crippen molar-refractivity contribution in [3.05, 3.63) is 66.7 Å². The van der Waals surface area contributed by atoms with E-state index in [-0.39, 0.29) is 17.5 Å². The van der Waals surface area contributed by atoms with Gasteiger partial charge in [0.1, 0.15) is 5.75 Å². The minimum Gasteiger partial charge on any atom is -0.494 e. The lowest BCUT2D eigenvalue weighted by Gasteiger charge is -2.15. The first-order valence-corrected chi connectivity index (χ1v) is 11.6. The van der Waals surface area contributed by atoms with Crippen molar-refractivity contribution >= 4 is 23.2 Å². The fourth-order valence-electron chi connectivity index (χ4n) is 3.24. The van der Waals surface area contributed by atoms with Crippen molar-refractivity contribution in [2.45, 2.75) is 57.7 Å². The maximum Gasteiger partial charge on any atom is 0.180 e. The lowest BCUT2D eigenvalue weighted by atomic mass is 9.95. The second kappa shape index (κ2) is 13.1. The van der Waals surface area contributed by atoms with E-state index >= 15 is 0 Å². The number of ether oxygens (including phenoxy) is 1. The number of carbonyl (C=O) groups is 2. The molecule has 0 N–H and O–H groups in total. The third-order valence-corrected chi connectivity index (χ3v) is 6.19. The summed E-state index contributed by atoms with van der Waals surface area (Å²) in [7, 11) is 0. The molecule has 0 aliphatic carbocycles. The van der Waals surface area contributed by atoms with Crippen molar-refractivity contribution in [3.63, 3.8) is 0 Å². The van der Waals surface area contributed by atoms with Crippen LogP contribution >= 0.6 is 11.6 Å². The van der Waals surface area contributed by atoms with Gasteiger partial charge < -0.3 is 4.74 Å². The lowest BCUT2D eigenvalue weighted by molar-refractivity contribution is -0.114. The maximum absolute atomic E-state index is 12.5. The van der Waals surface area contributed by atoms with E-state index < -0.39 is 5.38 Å². The third kappa shape index (κ3) is 7.99. The van der Waals surface area contributed by atoms with Crippen LogP contribution in [0.2, 0.25) is 0 Å². The largest absolute Gasteiger partial charge is 0.494 e. The number of unbranched alkanes of at least 4 members (excludes halogenated alkanes) is 3. The predicted molar refractivity (Wildman–Crippen MR) is 129 cm³/mol. The zero-order chi connectivity index (χ0) is 22.6. The van der Waals surface area contributed by atoms with Crippen molar-refractivity contribution in [1.29, 1.82) is 0 Å². The zero-order valence-corrected chi connectivity index (χ0v) is 19.4. The van der Waals surface area contributed by atoms with E-state index in [1.165, 1.54) is 6.08 Å². The number of Topliss-reactive ketones (excluding diaryl/α,β-unsaturated/α-hetero) is 1. The molecule has 0 radical (unpaired) electrons. The first-order chi connectivity index (χ1) is 15.0. The van der Waals surface area contributed by atoms with Crippen molar-refractivity contribution in [1.82, 2.24) is 0 Å². The lowest BCUT2D eigenvalue weighted by Crippen LogP contribution is -2.22. The van der Waals surface area contributed by atoms with Gasteiger partial charge in [-0.05, 0) is 48.1 Å². The Hall–Kier alpha value is -2.39. The van der Waals surface area contributed by atoms with Crippen molar-refractivity contribution < 1.29 is 14.3 Å². The molecule has 0 spiro atoms. The van der Waals surface area contributed by atoms with Gasteiger partial charge in [-0.15, -0.1) is 11.6 Å². The number of hydrogen-bond acceptors (Lipinski definition) is 3. The molecular weight excluding hydrogens is 408 g/mol. The number of halogens is 1. The molecule has 0 aliphatic rings. The molecule has 0 bridgehead atoms. The van der Waals surface area contributed by atoms with E-state index in [1.54, 1.807) is 0 Å². The molecule has 0 aliphatic heterocycles. The van der Waals surface area contributed by atoms with Gasteiger partial charge in [-0.2, -0.15) is 0 Å². The zero-order valence-electron chi connectivity index (χ0n) is 18.6. The summed E-state index contributed by atoms with van der Waals surface area (Å²) in [4.78, 5) is 23.7. The van der Waals surface area contributed by atoms with Crippen LogP contribution in [0.3, 0.4) is 0 Å². The highest BCUT2D eigenvalue weighted by atomic mass is 35.5. The number of carbonyl (C=O) groups excluding carboxylic acids is 2. The maximum atomic E-state index is 12.5. The molecule has 2 rings (SSSR count). The second-order valence-corrected chi connectivity index (χ2v) is 8.41. The topological polar surface area (TPSA) is 43.4 Å². The number of rotatable bonds is 14. The average molecular weight is 441 g/mol. The normalized spacial score (nSPS) is 12.7. The van der Waals surface area contributed by atoms with Crippen molar-refractivity contribution in [3.8, 4) is 16.9 Å². The average Bonchev–Trinajstić information content (AvgIpc) is 2.82. The minimum atomic E-state index is -0.484. The fraction of sp³-hybridized carbons (Fsp3) is 0.407. The minimum absolute atomic E-state index is 0.0152. The standard InChI is InChI=1S/C27H33ClO3/c1-4-20(3)26(28)27(30)23-13-11-21(12-14-23)22-15-17-25(18-16-22)31-19-9-7-6-8-10-24(29)5-2/h5,11-18,20,26H,2,4,6-10,19H2,1,3H3/t20-,26-/m0/s1. The van der Waals surface area contributed by atoms with Crippen LogP contribution in [0.25, 0.3) is 11.1 Å². The summed E-state index contributed by atoms with van der Waals surface area (Å²) in [6.07, 6.45) is 6.82. The Morgan fingerprint density at radius 3 is 2.13 bits per heavy atom. The molecule has 2 atom stereocenters. The Labute approximate surface area is 191 Å². The number of alkyl halides is 1. The van der Waals surface area contributed by atoms with Crippen LogP contribution in [-0.2, 0) is 4.79 Å². The first kappa shape index (κ1) is 24.9. The quantitative estimate of drug-likeness (QED) is 0.134. The van der Waals surface area contributed by atoms with E-state index in [9.17, 15) is 9.59 Å². The molecule has 166 valence electrons. The SMILES string of the molecule is C=CC(=O)CCCCCCOc1ccc(-c2ccc(C(=O)[C@@H](Cl)[C@@H](C)CC)cc2)cc1. The molecule has 3 nitrogen and oxygen atoms in total. The molecule has 2 aromatic carbocycles. The highest BCUT2D eigenvalue weighted by Gasteiger charge is 2.22. The first-order valence-electron chi connectivity index (χ1n) is 11.1. The molecule has 4 heteroatoms. The van der Waals surface area contributed by atoms with Gasteiger partial charge in [0.2, 0.25) is 0 Å². The number of allylic oxidation sites excluding steroid dienone is 1. The van der Waals surface area contributed by atoms with Crippen LogP contribution in [-0.4, -0.2) is 23.6 Å². The molecule has 0 fully saturated rings. The van der Waals surface area contributed by atoms with Crippen LogP contribution in [0.4, 0.5) is 0 Å². The summed E-state index contributed by atoms with van der Waals surface area (Å²) in [5.41, 5.74) is 2.77. The van der Waals surface area contributed by atoms with Gasteiger partial charge in [0.25, 0.3) is 0 Å². The molecule has 2 aromatic rings. The smallest absolute Gasteiger partial charge is 0.180 e. The Kier molecular flexibility index (Phi) is 10.5. The summed E-state index contributed by atoms with van der Waals surface area (Å²) in [6.45, 7) is 8.19. The summed E-state index contributed by atoms with van der Waals surface area (Å²) < 4.78 is 5.81. The molecule has 0 saturated heterocycles. The van der Waals surface area contributed by atoms with E-state index in [0.717, 1.165) is 49.0 Å². The van der Waals surface area contributed by atoms with Gasteiger partial charge in [-0.1, -0.05) is 76.1 Å². The van der Waals surface area contributed by atoms with Crippen LogP contribution in [0.5, 0.6) is 5.75 Å². The Morgan fingerprint density at radius 1 is 0.968 bits per heavy atom. The third-order valence-electron chi connectivity index (χ3n) is 5.56. The van der Waals surface area contributed by atoms with Crippen LogP contribution in [0.15, 0.2) is 61.2 Å². The predicted octanol–water partition coefficient (Wildman–Crippen LogP) is 7.27. The second-order valence-electron chi connectivity index (χ2n) is 7.94. The summed E-state index contributed by atoms with van der Waals surface area (Å²) >= 11 is 6.31. The molecule has 0 heterocycles. The van der Waals surface area contributed by atoms with E-state index in [1.807, 2.05) is 62.4 Å². The van der Waals surface area contributed by atoms with E-state index in [2.05, 4.69) is 6.58 Å². The Morgan fingerprint density at radius 2 is 1.55 bits per heavy atom. The van der Waals surface area contributed by atoms with Gasteiger partial charge in [0, 0.05) is 12.0 Å². The van der Waals surface area contributed by atoms with Gasteiger partial charge in [0.15, 0.2) is 11.6 Å². The van der Waals surface area contributed by atoms with Gasteiger partial charge >= 0.3 is 0 Å². The van der Waals surface area contributed by atoms with Gasteiger partial charge in [-0.3, -0.25) is 9.59 Å².